The summed E-state index contributed by atoms with van der Waals surface area (Å²) in [7, 11) is -1.26. The number of nitrogens with zero attached hydrogens (tertiary/aromatic N) is 2. The summed E-state index contributed by atoms with van der Waals surface area (Å²) in [4.78, 5) is 16.2. The van der Waals surface area contributed by atoms with Crippen LogP contribution in [0.2, 0.25) is 0 Å². The molecule has 1 unspecified atom stereocenters. The monoisotopic (exact) mass is 337 g/mol. The van der Waals surface area contributed by atoms with Gasteiger partial charge in [-0.2, -0.15) is 0 Å². The Balaban J connectivity index is 1.87. The van der Waals surface area contributed by atoms with Crippen molar-refractivity contribution < 1.29 is 13.2 Å². The fourth-order valence-electron chi connectivity index (χ4n) is 3.03. The number of sulfonamides is 1. The van der Waals surface area contributed by atoms with Gasteiger partial charge in [-0.15, -0.1) is 11.6 Å². The normalized spacial score (nSPS) is 25.7. The van der Waals surface area contributed by atoms with Crippen LogP contribution in [0, 0.1) is 0 Å². The van der Waals surface area contributed by atoms with Crippen molar-refractivity contribution in [3.63, 3.8) is 0 Å². The largest absolute Gasteiger partial charge is 0.338 e. The van der Waals surface area contributed by atoms with E-state index in [4.69, 9.17) is 11.6 Å². The molecule has 6 nitrogen and oxygen atoms in total. The lowest BCUT2D eigenvalue weighted by atomic mass is 10.0. The van der Waals surface area contributed by atoms with E-state index in [0.717, 1.165) is 25.9 Å². The maximum absolute atomic E-state index is 12.1. The Kier molecular flexibility index (Phi) is 5.88. The molecule has 2 aliphatic heterocycles. The predicted molar refractivity (Wildman–Crippen MR) is 82.9 cm³/mol. The molecule has 1 atom stereocenters. The van der Waals surface area contributed by atoms with Crippen molar-refractivity contribution in [1.29, 1.82) is 0 Å². The molecule has 1 N–H and O–H groups in total. The van der Waals surface area contributed by atoms with Gasteiger partial charge in [-0.3, -0.25) is 4.79 Å². The number of carbonyl (C=O) groups excluding carboxylic acids is 1. The first-order chi connectivity index (χ1) is 9.91. The summed E-state index contributed by atoms with van der Waals surface area (Å²) in [5.74, 6) is 0.413. The zero-order chi connectivity index (χ0) is 15.5. The van der Waals surface area contributed by atoms with Gasteiger partial charge in [0.1, 0.15) is 0 Å². The number of hydrogen-bond acceptors (Lipinski definition) is 4. The SMILES string of the molecule is CN1CCC(N2CC(NS(=O)(=O)CCCCl)CC2=O)CC1. The van der Waals surface area contributed by atoms with Crippen LogP contribution in [0.15, 0.2) is 0 Å². The molecule has 0 radical (unpaired) electrons. The Labute approximate surface area is 131 Å². The summed E-state index contributed by atoms with van der Waals surface area (Å²) in [6, 6.07) is -0.0384. The lowest BCUT2D eigenvalue weighted by Crippen LogP contribution is -2.45. The van der Waals surface area contributed by atoms with E-state index in [1.807, 2.05) is 4.90 Å². The summed E-state index contributed by atoms with van der Waals surface area (Å²) >= 11 is 5.53. The number of amides is 1. The molecule has 2 heterocycles. The molecule has 0 spiro atoms. The molecular formula is C13H24ClN3O3S. The zero-order valence-corrected chi connectivity index (χ0v) is 14.0. The first-order valence-corrected chi connectivity index (χ1v) is 9.64. The van der Waals surface area contributed by atoms with Gasteiger partial charge in [0.15, 0.2) is 0 Å². The molecule has 2 rings (SSSR count). The highest BCUT2D eigenvalue weighted by atomic mass is 35.5. The third-order valence-corrected chi connectivity index (χ3v) is 5.97. The van der Waals surface area contributed by atoms with Gasteiger partial charge in [0, 0.05) is 30.9 Å². The smallest absolute Gasteiger partial charge is 0.224 e. The quantitative estimate of drug-likeness (QED) is 0.704. The van der Waals surface area contributed by atoms with E-state index >= 15 is 0 Å². The molecule has 0 bridgehead atoms. The van der Waals surface area contributed by atoms with Crippen LogP contribution >= 0.6 is 11.6 Å². The number of piperidine rings is 1. The van der Waals surface area contributed by atoms with Crippen molar-refractivity contribution in [2.75, 3.05) is 38.3 Å². The number of rotatable bonds is 6. The Bertz CT molecular complexity index is 463. The van der Waals surface area contributed by atoms with Crippen LogP contribution in [0.4, 0.5) is 0 Å². The van der Waals surface area contributed by atoms with Gasteiger partial charge in [-0.25, -0.2) is 13.1 Å². The van der Waals surface area contributed by atoms with E-state index in [1.54, 1.807) is 0 Å². The fraction of sp³-hybridized carbons (Fsp3) is 0.923. The fourth-order valence-corrected chi connectivity index (χ4v) is 4.63. The van der Waals surface area contributed by atoms with Crippen LogP contribution in [0.5, 0.6) is 0 Å². The van der Waals surface area contributed by atoms with Gasteiger partial charge in [0.25, 0.3) is 0 Å². The second-order valence-electron chi connectivity index (χ2n) is 5.96. The van der Waals surface area contributed by atoms with Crippen LogP contribution in [0.3, 0.4) is 0 Å². The molecule has 0 saturated carbocycles. The summed E-state index contributed by atoms with van der Waals surface area (Å²) in [5, 5.41) is 0. The minimum absolute atomic E-state index is 0.0232. The highest BCUT2D eigenvalue weighted by Gasteiger charge is 2.36. The zero-order valence-electron chi connectivity index (χ0n) is 12.4. The van der Waals surface area contributed by atoms with Crippen molar-refractivity contribution in [1.82, 2.24) is 14.5 Å². The first kappa shape index (κ1) is 17.0. The number of carbonyl (C=O) groups is 1. The summed E-state index contributed by atoms with van der Waals surface area (Å²) in [5.41, 5.74) is 0. The third kappa shape index (κ3) is 4.81. The lowest BCUT2D eigenvalue weighted by molar-refractivity contribution is -0.130. The van der Waals surface area contributed by atoms with Gasteiger partial charge in [0.05, 0.1) is 5.75 Å². The van der Waals surface area contributed by atoms with Crippen LogP contribution in [-0.2, 0) is 14.8 Å². The summed E-state index contributed by atoms with van der Waals surface area (Å²) in [6.07, 6.45) is 2.63. The minimum atomic E-state index is -3.34. The van der Waals surface area contributed by atoms with Crippen LogP contribution < -0.4 is 4.72 Å². The Hall–Kier alpha value is -0.370. The van der Waals surface area contributed by atoms with Gasteiger partial charge in [0.2, 0.25) is 15.9 Å². The Morgan fingerprint density at radius 3 is 2.62 bits per heavy atom. The maximum Gasteiger partial charge on any atom is 0.224 e. The molecular weight excluding hydrogens is 314 g/mol. The molecule has 2 aliphatic rings. The Morgan fingerprint density at radius 1 is 1.33 bits per heavy atom. The number of likely N-dealkylation sites (tertiary alicyclic amines) is 2. The van der Waals surface area contributed by atoms with E-state index < -0.39 is 10.0 Å². The second kappa shape index (κ2) is 7.26. The molecule has 0 aliphatic carbocycles. The summed E-state index contributed by atoms with van der Waals surface area (Å²) in [6.45, 7) is 2.47. The molecule has 1 amide bonds. The molecule has 0 aromatic rings. The standard InChI is InChI=1S/C13H24ClN3O3S/c1-16-6-3-12(4-7-16)17-10-11(9-13(17)18)15-21(19,20)8-2-5-14/h11-12,15H,2-10H2,1H3. The predicted octanol–water partition coefficient (Wildman–Crippen LogP) is 0.230. The molecule has 0 aromatic carbocycles. The molecule has 8 heteroatoms. The number of halogens is 1. The number of nitrogens with one attached hydrogen (secondary N) is 1. The van der Waals surface area contributed by atoms with Crippen molar-refractivity contribution in [3.05, 3.63) is 0 Å². The van der Waals surface area contributed by atoms with Crippen molar-refractivity contribution in [2.45, 2.75) is 37.8 Å². The van der Waals surface area contributed by atoms with Crippen LogP contribution in [-0.4, -0.2) is 74.5 Å². The molecule has 2 saturated heterocycles. The van der Waals surface area contributed by atoms with Gasteiger partial charge < -0.3 is 9.80 Å². The maximum atomic E-state index is 12.1. The highest BCUT2D eigenvalue weighted by Crippen LogP contribution is 2.22. The Morgan fingerprint density at radius 2 is 2.00 bits per heavy atom. The van der Waals surface area contributed by atoms with E-state index in [9.17, 15) is 13.2 Å². The average molecular weight is 338 g/mol. The highest BCUT2D eigenvalue weighted by molar-refractivity contribution is 7.89. The first-order valence-electron chi connectivity index (χ1n) is 7.45. The van der Waals surface area contributed by atoms with E-state index in [0.29, 0.717) is 18.8 Å². The topological polar surface area (TPSA) is 69.7 Å². The molecule has 21 heavy (non-hydrogen) atoms. The summed E-state index contributed by atoms with van der Waals surface area (Å²) < 4.78 is 26.4. The third-order valence-electron chi connectivity index (χ3n) is 4.18. The van der Waals surface area contributed by atoms with E-state index in [-0.39, 0.29) is 30.2 Å². The van der Waals surface area contributed by atoms with E-state index in [2.05, 4.69) is 16.7 Å². The number of hydrogen-bond donors (Lipinski definition) is 1. The van der Waals surface area contributed by atoms with Crippen LogP contribution in [0.1, 0.15) is 25.7 Å². The van der Waals surface area contributed by atoms with Gasteiger partial charge in [-0.1, -0.05) is 0 Å². The van der Waals surface area contributed by atoms with Crippen molar-refractivity contribution in [3.8, 4) is 0 Å². The number of alkyl halides is 1. The molecule has 122 valence electrons. The lowest BCUT2D eigenvalue weighted by Gasteiger charge is -2.35. The van der Waals surface area contributed by atoms with Gasteiger partial charge in [-0.05, 0) is 39.4 Å². The van der Waals surface area contributed by atoms with Crippen LogP contribution in [0.25, 0.3) is 0 Å². The average Bonchev–Trinajstić information content (AvgIpc) is 2.77. The molecule has 0 aromatic heterocycles. The minimum Gasteiger partial charge on any atom is -0.338 e. The van der Waals surface area contributed by atoms with Gasteiger partial charge >= 0.3 is 0 Å². The van der Waals surface area contributed by atoms with Crippen molar-refractivity contribution >= 4 is 27.5 Å². The second-order valence-corrected chi connectivity index (χ2v) is 8.21. The molecule has 2 fully saturated rings. The van der Waals surface area contributed by atoms with E-state index in [1.165, 1.54) is 0 Å². The van der Waals surface area contributed by atoms with Crippen molar-refractivity contribution in [2.24, 2.45) is 0 Å².